The van der Waals surface area contributed by atoms with Crippen molar-refractivity contribution in [1.29, 1.82) is 0 Å². The second-order valence-electron chi connectivity index (χ2n) is 4.90. The Bertz CT molecular complexity index is 811. The highest BCUT2D eigenvalue weighted by atomic mass is 35.5. The molecule has 1 N–H and O–H groups in total. The van der Waals surface area contributed by atoms with Gasteiger partial charge in [0.2, 0.25) is 5.78 Å². The van der Waals surface area contributed by atoms with Crippen LogP contribution in [-0.2, 0) is 0 Å². The Balaban J connectivity index is 1.97. The van der Waals surface area contributed by atoms with Crippen LogP contribution in [0.1, 0.15) is 20.1 Å². The van der Waals surface area contributed by atoms with E-state index in [4.69, 9.17) is 11.6 Å². The summed E-state index contributed by atoms with van der Waals surface area (Å²) < 4.78 is 0. The molecule has 4 heteroatoms. The summed E-state index contributed by atoms with van der Waals surface area (Å²) in [5.74, 6) is 0.0215. The lowest BCUT2D eigenvalue weighted by atomic mass is 10.1. The molecule has 3 aromatic rings. The third-order valence-corrected chi connectivity index (χ3v) is 4.62. The number of anilines is 2. The number of carbonyl (C=O) groups is 1. The van der Waals surface area contributed by atoms with Crippen LogP contribution < -0.4 is 5.32 Å². The molecular weight excluding hydrogens is 314 g/mol. The first-order chi connectivity index (χ1) is 10.6. The van der Waals surface area contributed by atoms with Crippen LogP contribution in [0.15, 0.2) is 60.7 Å². The molecule has 0 amide bonds. The number of hydrogen-bond donors (Lipinski definition) is 1. The van der Waals surface area contributed by atoms with E-state index >= 15 is 0 Å². The van der Waals surface area contributed by atoms with Gasteiger partial charge in [-0.1, -0.05) is 54.1 Å². The number of aryl methyl sites for hydroxylation is 1. The molecule has 0 fully saturated rings. The van der Waals surface area contributed by atoms with E-state index in [-0.39, 0.29) is 5.78 Å². The second-order valence-corrected chi connectivity index (χ2v) is 6.56. The molecule has 0 aliphatic heterocycles. The lowest BCUT2D eigenvalue weighted by Crippen LogP contribution is -2.02. The van der Waals surface area contributed by atoms with Gasteiger partial charge in [0.25, 0.3) is 0 Å². The van der Waals surface area contributed by atoms with Gasteiger partial charge in [0.15, 0.2) is 0 Å². The fourth-order valence-electron chi connectivity index (χ4n) is 2.20. The number of nitrogens with one attached hydrogen (secondary N) is 1. The molecule has 0 aliphatic carbocycles. The molecular formula is C18H14ClNOS. The zero-order valence-corrected chi connectivity index (χ0v) is 13.5. The number of halogens is 1. The van der Waals surface area contributed by atoms with E-state index in [1.807, 2.05) is 67.6 Å². The largest absolute Gasteiger partial charge is 0.353 e. The smallest absolute Gasteiger partial charge is 0.205 e. The number of para-hydroxylation sites is 1. The zero-order valence-electron chi connectivity index (χ0n) is 12.0. The maximum absolute atomic E-state index is 12.7. The van der Waals surface area contributed by atoms with Crippen molar-refractivity contribution >= 4 is 40.1 Å². The highest BCUT2D eigenvalue weighted by Crippen LogP contribution is 2.33. The van der Waals surface area contributed by atoms with Gasteiger partial charge < -0.3 is 5.32 Å². The van der Waals surface area contributed by atoms with Gasteiger partial charge in [-0.25, -0.2) is 0 Å². The summed E-state index contributed by atoms with van der Waals surface area (Å²) in [5.41, 5.74) is 2.28. The van der Waals surface area contributed by atoms with Crippen LogP contribution in [0.5, 0.6) is 0 Å². The summed E-state index contributed by atoms with van der Waals surface area (Å²) >= 11 is 7.67. The standard InChI is InChI=1S/C18H14ClNOS/c1-12-11-16(20-15-10-6-5-9-14(15)19)18(22-12)17(21)13-7-3-2-4-8-13/h2-11,20H,1H3. The topological polar surface area (TPSA) is 29.1 Å². The SMILES string of the molecule is Cc1cc(Nc2ccccc2Cl)c(C(=O)c2ccccc2)s1. The summed E-state index contributed by atoms with van der Waals surface area (Å²) in [6.07, 6.45) is 0. The third kappa shape index (κ3) is 3.06. The molecule has 3 rings (SSSR count). The van der Waals surface area contributed by atoms with E-state index in [0.29, 0.717) is 15.5 Å². The number of ketones is 1. The van der Waals surface area contributed by atoms with E-state index in [0.717, 1.165) is 16.3 Å². The van der Waals surface area contributed by atoms with E-state index in [1.165, 1.54) is 11.3 Å². The molecule has 110 valence electrons. The van der Waals surface area contributed by atoms with Gasteiger partial charge in [-0.05, 0) is 25.1 Å². The van der Waals surface area contributed by atoms with Crippen molar-refractivity contribution in [3.8, 4) is 0 Å². The predicted octanol–water partition coefficient (Wildman–Crippen LogP) is 5.68. The van der Waals surface area contributed by atoms with Crippen LogP contribution >= 0.6 is 22.9 Å². The Kier molecular flexibility index (Phi) is 4.27. The van der Waals surface area contributed by atoms with Gasteiger partial charge in [0.05, 0.1) is 21.3 Å². The lowest BCUT2D eigenvalue weighted by Gasteiger charge is -2.08. The van der Waals surface area contributed by atoms with Gasteiger partial charge in [-0.15, -0.1) is 11.3 Å². The van der Waals surface area contributed by atoms with Crippen molar-refractivity contribution in [3.63, 3.8) is 0 Å². The summed E-state index contributed by atoms with van der Waals surface area (Å²) in [5, 5.41) is 3.90. The molecule has 22 heavy (non-hydrogen) atoms. The zero-order chi connectivity index (χ0) is 15.5. The monoisotopic (exact) mass is 327 g/mol. The first-order valence-electron chi connectivity index (χ1n) is 6.87. The molecule has 0 spiro atoms. The minimum Gasteiger partial charge on any atom is -0.353 e. The van der Waals surface area contributed by atoms with Gasteiger partial charge in [0, 0.05) is 10.4 Å². The van der Waals surface area contributed by atoms with Crippen LogP contribution in [0, 0.1) is 6.92 Å². The van der Waals surface area contributed by atoms with E-state index in [9.17, 15) is 4.79 Å². The molecule has 0 aliphatic rings. The molecule has 0 saturated heterocycles. The first-order valence-corrected chi connectivity index (χ1v) is 8.06. The molecule has 0 saturated carbocycles. The van der Waals surface area contributed by atoms with Crippen LogP contribution in [0.4, 0.5) is 11.4 Å². The maximum Gasteiger partial charge on any atom is 0.205 e. The molecule has 1 aromatic heterocycles. The minimum atomic E-state index is 0.0215. The molecule has 1 heterocycles. The fourth-order valence-corrected chi connectivity index (χ4v) is 3.32. The number of benzene rings is 2. The molecule has 0 radical (unpaired) electrons. The molecule has 0 atom stereocenters. The normalized spacial score (nSPS) is 10.5. The summed E-state index contributed by atoms with van der Waals surface area (Å²) in [4.78, 5) is 14.5. The van der Waals surface area contributed by atoms with Crippen LogP contribution in [0.3, 0.4) is 0 Å². The number of carbonyl (C=O) groups excluding carboxylic acids is 1. The van der Waals surface area contributed by atoms with Gasteiger partial charge in [0.1, 0.15) is 0 Å². The molecule has 2 nitrogen and oxygen atoms in total. The van der Waals surface area contributed by atoms with E-state index in [2.05, 4.69) is 5.32 Å². The highest BCUT2D eigenvalue weighted by molar-refractivity contribution is 7.14. The average Bonchev–Trinajstić information content (AvgIpc) is 2.90. The molecule has 0 unspecified atom stereocenters. The second kappa shape index (κ2) is 6.34. The molecule has 2 aromatic carbocycles. The van der Waals surface area contributed by atoms with Gasteiger partial charge >= 0.3 is 0 Å². The molecule has 0 bridgehead atoms. The Hall–Kier alpha value is -2.10. The van der Waals surface area contributed by atoms with Crippen LogP contribution in [0.25, 0.3) is 0 Å². The third-order valence-electron chi connectivity index (χ3n) is 3.24. The Morgan fingerprint density at radius 3 is 2.41 bits per heavy atom. The quantitative estimate of drug-likeness (QED) is 0.624. The van der Waals surface area contributed by atoms with Crippen molar-refractivity contribution in [3.05, 3.63) is 81.0 Å². The van der Waals surface area contributed by atoms with Crippen molar-refractivity contribution in [2.75, 3.05) is 5.32 Å². The van der Waals surface area contributed by atoms with Crippen molar-refractivity contribution in [2.24, 2.45) is 0 Å². The Morgan fingerprint density at radius 1 is 1.00 bits per heavy atom. The summed E-state index contributed by atoms with van der Waals surface area (Å²) in [6.45, 7) is 1.99. The Labute approximate surface area is 138 Å². The first kappa shape index (κ1) is 14.8. The van der Waals surface area contributed by atoms with Crippen LogP contribution in [-0.4, -0.2) is 5.78 Å². The van der Waals surface area contributed by atoms with Gasteiger partial charge in [-0.2, -0.15) is 0 Å². The van der Waals surface area contributed by atoms with Gasteiger partial charge in [-0.3, -0.25) is 4.79 Å². The average molecular weight is 328 g/mol. The van der Waals surface area contributed by atoms with Crippen molar-refractivity contribution < 1.29 is 4.79 Å². The fraction of sp³-hybridized carbons (Fsp3) is 0.0556. The summed E-state index contributed by atoms with van der Waals surface area (Å²) in [6, 6.07) is 18.8. The predicted molar refractivity (Wildman–Crippen MR) is 93.7 cm³/mol. The Morgan fingerprint density at radius 2 is 1.68 bits per heavy atom. The van der Waals surface area contributed by atoms with Crippen LogP contribution in [0.2, 0.25) is 5.02 Å². The number of hydrogen-bond acceptors (Lipinski definition) is 3. The van der Waals surface area contributed by atoms with E-state index < -0.39 is 0 Å². The van der Waals surface area contributed by atoms with E-state index in [1.54, 1.807) is 0 Å². The van der Waals surface area contributed by atoms with Crippen molar-refractivity contribution in [2.45, 2.75) is 6.92 Å². The summed E-state index contributed by atoms with van der Waals surface area (Å²) in [7, 11) is 0. The van der Waals surface area contributed by atoms with Crippen molar-refractivity contribution in [1.82, 2.24) is 0 Å². The highest BCUT2D eigenvalue weighted by Gasteiger charge is 2.17. The minimum absolute atomic E-state index is 0.0215. The number of thiophene rings is 1. The maximum atomic E-state index is 12.7. The lowest BCUT2D eigenvalue weighted by molar-refractivity contribution is 0.104. The number of rotatable bonds is 4.